The largest absolute Gasteiger partial charge is 0.374 e. The average molecular weight is 313 g/mol. The van der Waals surface area contributed by atoms with Crippen molar-refractivity contribution in [2.45, 2.75) is 37.8 Å². The molecule has 1 aliphatic heterocycles. The minimum atomic E-state index is 0.195. The topological polar surface area (TPSA) is 73.1 Å². The first-order valence-electron chi connectivity index (χ1n) is 8.04. The number of amides is 1. The summed E-state index contributed by atoms with van der Waals surface area (Å²) in [7, 11) is 0. The first-order chi connectivity index (χ1) is 11.3. The van der Waals surface area contributed by atoms with Gasteiger partial charge >= 0.3 is 0 Å². The average Bonchev–Trinajstić information content (AvgIpc) is 3.26. The molecule has 7 nitrogen and oxygen atoms in total. The van der Waals surface area contributed by atoms with E-state index in [2.05, 4.69) is 15.5 Å². The summed E-state index contributed by atoms with van der Waals surface area (Å²) in [5, 5.41) is 11.1. The van der Waals surface area contributed by atoms with Gasteiger partial charge in [-0.3, -0.25) is 4.79 Å². The number of carbonyl (C=O) groups is 1. The second kappa shape index (κ2) is 6.08. The number of morpholine rings is 1. The SMILES string of the molecule is O=C(Cc1ccc(-n2cnnn2)cc1)N1CCOC2CCCC21. The normalized spacial score (nSPS) is 23.7. The quantitative estimate of drug-likeness (QED) is 0.845. The molecule has 2 aliphatic rings. The molecule has 2 atom stereocenters. The minimum absolute atomic E-state index is 0.195. The van der Waals surface area contributed by atoms with E-state index in [-0.39, 0.29) is 18.1 Å². The van der Waals surface area contributed by atoms with Crippen molar-refractivity contribution in [3.05, 3.63) is 36.2 Å². The second-order valence-electron chi connectivity index (χ2n) is 6.09. The predicted octanol–water partition coefficient (Wildman–Crippen LogP) is 0.985. The molecular weight excluding hydrogens is 294 g/mol. The van der Waals surface area contributed by atoms with Crippen LogP contribution < -0.4 is 0 Å². The number of tetrazole rings is 1. The third kappa shape index (κ3) is 2.84. The fourth-order valence-electron chi connectivity index (χ4n) is 3.56. The summed E-state index contributed by atoms with van der Waals surface area (Å²) < 4.78 is 7.37. The lowest BCUT2D eigenvalue weighted by molar-refractivity contribution is -0.143. The number of aromatic nitrogens is 4. The van der Waals surface area contributed by atoms with Gasteiger partial charge in [-0.15, -0.1) is 5.10 Å². The fourth-order valence-corrected chi connectivity index (χ4v) is 3.56. The third-order valence-electron chi connectivity index (χ3n) is 4.71. The zero-order valence-electron chi connectivity index (χ0n) is 12.8. The van der Waals surface area contributed by atoms with Gasteiger partial charge in [-0.25, -0.2) is 4.68 Å². The van der Waals surface area contributed by atoms with E-state index >= 15 is 0 Å². The Morgan fingerprint density at radius 2 is 2.13 bits per heavy atom. The van der Waals surface area contributed by atoms with E-state index in [1.54, 1.807) is 11.0 Å². The van der Waals surface area contributed by atoms with E-state index in [1.807, 2.05) is 29.2 Å². The van der Waals surface area contributed by atoms with Crippen LogP contribution in [0.5, 0.6) is 0 Å². The lowest BCUT2D eigenvalue weighted by Gasteiger charge is -2.37. The van der Waals surface area contributed by atoms with Gasteiger partial charge in [0.25, 0.3) is 0 Å². The fraction of sp³-hybridized carbons (Fsp3) is 0.500. The summed E-state index contributed by atoms with van der Waals surface area (Å²) in [5.41, 5.74) is 1.89. The standard InChI is InChI=1S/C16H19N5O2/c22-16(20-8-9-23-15-3-1-2-14(15)20)10-12-4-6-13(7-5-12)21-11-17-18-19-21/h4-7,11,14-15H,1-3,8-10H2. The van der Waals surface area contributed by atoms with Crippen molar-refractivity contribution in [2.75, 3.05) is 13.2 Å². The van der Waals surface area contributed by atoms with Crippen molar-refractivity contribution < 1.29 is 9.53 Å². The van der Waals surface area contributed by atoms with Crippen LogP contribution in [0.2, 0.25) is 0 Å². The molecule has 2 fully saturated rings. The van der Waals surface area contributed by atoms with Crippen LogP contribution in [0.1, 0.15) is 24.8 Å². The lowest BCUT2D eigenvalue weighted by Crippen LogP contribution is -2.51. The molecule has 2 aromatic rings. The number of rotatable bonds is 3. The summed E-state index contributed by atoms with van der Waals surface area (Å²) in [5.74, 6) is 0.195. The molecular formula is C16H19N5O2. The van der Waals surface area contributed by atoms with Gasteiger partial charge in [0.05, 0.1) is 30.9 Å². The van der Waals surface area contributed by atoms with Gasteiger partial charge in [-0.1, -0.05) is 12.1 Å². The van der Waals surface area contributed by atoms with Crippen LogP contribution in [0.3, 0.4) is 0 Å². The van der Waals surface area contributed by atoms with Crippen LogP contribution in [0.25, 0.3) is 5.69 Å². The molecule has 0 spiro atoms. The Hall–Kier alpha value is -2.28. The molecule has 1 aromatic carbocycles. The van der Waals surface area contributed by atoms with Gasteiger partial charge in [0.15, 0.2) is 0 Å². The smallest absolute Gasteiger partial charge is 0.227 e. The molecule has 1 saturated carbocycles. The second-order valence-corrected chi connectivity index (χ2v) is 6.09. The highest BCUT2D eigenvalue weighted by Gasteiger charge is 2.38. The van der Waals surface area contributed by atoms with Crippen molar-refractivity contribution in [3.63, 3.8) is 0 Å². The van der Waals surface area contributed by atoms with E-state index in [1.165, 1.54) is 0 Å². The third-order valence-corrected chi connectivity index (χ3v) is 4.71. The minimum Gasteiger partial charge on any atom is -0.374 e. The number of ether oxygens (including phenoxy) is 1. The maximum Gasteiger partial charge on any atom is 0.227 e. The van der Waals surface area contributed by atoms with Crippen LogP contribution in [0, 0.1) is 0 Å². The Bertz CT molecular complexity index is 670. The molecule has 1 aromatic heterocycles. The van der Waals surface area contributed by atoms with E-state index in [4.69, 9.17) is 4.74 Å². The van der Waals surface area contributed by atoms with E-state index in [0.29, 0.717) is 19.6 Å². The maximum absolute atomic E-state index is 12.7. The molecule has 4 rings (SSSR count). The van der Waals surface area contributed by atoms with Crippen molar-refractivity contribution in [1.82, 2.24) is 25.1 Å². The molecule has 0 N–H and O–H groups in total. The van der Waals surface area contributed by atoms with E-state index in [9.17, 15) is 4.79 Å². The van der Waals surface area contributed by atoms with E-state index < -0.39 is 0 Å². The summed E-state index contributed by atoms with van der Waals surface area (Å²) in [6.45, 7) is 1.37. The molecule has 0 bridgehead atoms. The van der Waals surface area contributed by atoms with Crippen molar-refractivity contribution in [1.29, 1.82) is 0 Å². The number of carbonyl (C=O) groups excluding carboxylic acids is 1. The zero-order valence-corrected chi connectivity index (χ0v) is 12.8. The van der Waals surface area contributed by atoms with Crippen LogP contribution >= 0.6 is 0 Å². The number of benzene rings is 1. The highest BCUT2D eigenvalue weighted by atomic mass is 16.5. The van der Waals surface area contributed by atoms with Gasteiger partial charge in [0.1, 0.15) is 6.33 Å². The molecule has 1 amide bonds. The van der Waals surface area contributed by atoms with Gasteiger partial charge in [0, 0.05) is 6.54 Å². The van der Waals surface area contributed by atoms with Crippen molar-refractivity contribution in [2.24, 2.45) is 0 Å². The number of nitrogens with zero attached hydrogens (tertiary/aromatic N) is 5. The molecule has 1 saturated heterocycles. The Morgan fingerprint density at radius 3 is 2.91 bits per heavy atom. The Kier molecular flexibility index (Phi) is 3.78. The van der Waals surface area contributed by atoms with Gasteiger partial charge < -0.3 is 9.64 Å². The first kappa shape index (κ1) is 14.3. The molecule has 23 heavy (non-hydrogen) atoms. The molecule has 7 heteroatoms. The van der Waals surface area contributed by atoms with Crippen LogP contribution in [0.15, 0.2) is 30.6 Å². The van der Waals surface area contributed by atoms with Gasteiger partial charge in [0.2, 0.25) is 5.91 Å². The molecule has 2 unspecified atom stereocenters. The number of fused-ring (bicyclic) bond motifs is 1. The lowest BCUT2D eigenvalue weighted by atomic mass is 10.1. The molecule has 1 aliphatic carbocycles. The number of hydrogen-bond acceptors (Lipinski definition) is 5. The first-order valence-corrected chi connectivity index (χ1v) is 8.04. The monoisotopic (exact) mass is 313 g/mol. The summed E-state index contributed by atoms with van der Waals surface area (Å²) >= 11 is 0. The van der Waals surface area contributed by atoms with Gasteiger partial charge in [-0.05, 0) is 47.4 Å². The Balaban J connectivity index is 1.44. The molecule has 0 radical (unpaired) electrons. The van der Waals surface area contributed by atoms with Crippen molar-refractivity contribution in [3.8, 4) is 5.69 Å². The van der Waals surface area contributed by atoms with Crippen LogP contribution in [-0.4, -0.2) is 56.3 Å². The highest BCUT2D eigenvalue weighted by Crippen LogP contribution is 2.30. The summed E-state index contributed by atoms with van der Waals surface area (Å²) in [6.07, 6.45) is 5.52. The Morgan fingerprint density at radius 1 is 1.26 bits per heavy atom. The van der Waals surface area contributed by atoms with Gasteiger partial charge in [-0.2, -0.15) is 0 Å². The molecule has 120 valence electrons. The maximum atomic E-state index is 12.7. The molecule has 2 heterocycles. The van der Waals surface area contributed by atoms with Crippen LogP contribution in [-0.2, 0) is 16.0 Å². The van der Waals surface area contributed by atoms with E-state index in [0.717, 1.165) is 30.5 Å². The Labute approximate surface area is 134 Å². The number of hydrogen-bond donors (Lipinski definition) is 0. The van der Waals surface area contributed by atoms with Crippen LogP contribution in [0.4, 0.5) is 0 Å². The van der Waals surface area contributed by atoms with Crippen molar-refractivity contribution >= 4 is 5.91 Å². The summed E-state index contributed by atoms with van der Waals surface area (Å²) in [6, 6.07) is 8.05. The predicted molar refractivity (Wildman–Crippen MR) is 82.0 cm³/mol. The zero-order chi connectivity index (χ0) is 15.6. The summed E-state index contributed by atoms with van der Waals surface area (Å²) in [4.78, 5) is 14.7. The highest BCUT2D eigenvalue weighted by molar-refractivity contribution is 5.79.